The second kappa shape index (κ2) is 5.54. The van der Waals surface area contributed by atoms with Crippen molar-refractivity contribution in [3.05, 3.63) is 29.8 Å². The van der Waals surface area contributed by atoms with Gasteiger partial charge in [-0.3, -0.25) is 0 Å². The molecule has 2 nitrogen and oxygen atoms in total. The van der Waals surface area contributed by atoms with Crippen LogP contribution in [-0.2, 0) is 11.2 Å². The van der Waals surface area contributed by atoms with Gasteiger partial charge in [-0.25, -0.2) is 0 Å². The molecule has 1 rings (SSSR count). The van der Waals surface area contributed by atoms with Gasteiger partial charge in [-0.1, -0.05) is 26.0 Å². The van der Waals surface area contributed by atoms with Crippen molar-refractivity contribution in [1.82, 2.24) is 0 Å². The summed E-state index contributed by atoms with van der Waals surface area (Å²) < 4.78 is 5.08. The van der Waals surface area contributed by atoms with E-state index in [2.05, 4.69) is 13.8 Å². The molecule has 0 N–H and O–H groups in total. The van der Waals surface area contributed by atoms with E-state index < -0.39 is 0 Å². The number of hydrogen-bond acceptors (Lipinski definition) is 2. The summed E-state index contributed by atoms with van der Waals surface area (Å²) >= 11 is 0. The zero-order valence-corrected chi connectivity index (χ0v) is 9.57. The van der Waals surface area contributed by atoms with Crippen molar-refractivity contribution < 1.29 is 9.53 Å². The van der Waals surface area contributed by atoms with Gasteiger partial charge in [-0.05, 0) is 30.0 Å². The number of aldehydes is 1. The largest absolute Gasteiger partial charge is 0.497 e. The van der Waals surface area contributed by atoms with E-state index in [0.717, 1.165) is 18.5 Å². The Morgan fingerprint density at radius 2 is 1.87 bits per heavy atom. The van der Waals surface area contributed by atoms with Gasteiger partial charge in [-0.15, -0.1) is 0 Å². The molecule has 0 radical (unpaired) electrons. The molecule has 1 aromatic carbocycles. The summed E-state index contributed by atoms with van der Waals surface area (Å²) in [5.74, 6) is 1.36. The molecule has 82 valence electrons. The second-order valence-electron chi connectivity index (χ2n) is 4.10. The standard InChI is InChI=1S/C13H18O2/c1-10(2)12(9-14)8-11-4-6-13(15-3)7-5-11/h4-7,9-10,12H,8H2,1-3H3. The molecule has 0 fully saturated rings. The van der Waals surface area contributed by atoms with E-state index in [1.165, 1.54) is 5.56 Å². The summed E-state index contributed by atoms with van der Waals surface area (Å²) in [6.07, 6.45) is 1.86. The molecule has 15 heavy (non-hydrogen) atoms. The van der Waals surface area contributed by atoms with Crippen molar-refractivity contribution >= 4 is 6.29 Å². The third-order valence-corrected chi connectivity index (χ3v) is 2.66. The summed E-state index contributed by atoms with van der Waals surface area (Å²) in [6.45, 7) is 4.14. The molecule has 1 atom stereocenters. The lowest BCUT2D eigenvalue weighted by Gasteiger charge is -2.14. The van der Waals surface area contributed by atoms with Crippen LogP contribution < -0.4 is 4.74 Å². The fourth-order valence-corrected chi connectivity index (χ4v) is 1.47. The molecule has 0 saturated heterocycles. The van der Waals surface area contributed by atoms with Crippen LogP contribution in [0.25, 0.3) is 0 Å². The minimum Gasteiger partial charge on any atom is -0.497 e. The monoisotopic (exact) mass is 206 g/mol. The molecule has 0 aliphatic heterocycles. The first-order valence-electron chi connectivity index (χ1n) is 5.25. The van der Waals surface area contributed by atoms with Crippen molar-refractivity contribution in [2.75, 3.05) is 7.11 Å². The van der Waals surface area contributed by atoms with Crippen LogP contribution in [0.3, 0.4) is 0 Å². The van der Waals surface area contributed by atoms with Crippen molar-refractivity contribution in [1.29, 1.82) is 0 Å². The van der Waals surface area contributed by atoms with Gasteiger partial charge in [0.15, 0.2) is 0 Å². The molecular formula is C13H18O2. The zero-order chi connectivity index (χ0) is 11.3. The second-order valence-corrected chi connectivity index (χ2v) is 4.10. The van der Waals surface area contributed by atoms with Gasteiger partial charge in [0.2, 0.25) is 0 Å². The molecule has 1 unspecified atom stereocenters. The maximum atomic E-state index is 10.8. The number of methoxy groups -OCH3 is 1. The van der Waals surface area contributed by atoms with Crippen LogP contribution in [-0.4, -0.2) is 13.4 Å². The van der Waals surface area contributed by atoms with E-state index in [1.54, 1.807) is 7.11 Å². The van der Waals surface area contributed by atoms with Gasteiger partial charge in [-0.2, -0.15) is 0 Å². The van der Waals surface area contributed by atoms with Crippen molar-refractivity contribution in [3.63, 3.8) is 0 Å². The molecule has 0 amide bonds. The number of rotatable bonds is 5. The van der Waals surface area contributed by atoms with Crippen molar-refractivity contribution in [2.24, 2.45) is 11.8 Å². The summed E-state index contributed by atoms with van der Waals surface area (Å²) in [5, 5.41) is 0. The molecule has 2 heteroatoms. The van der Waals surface area contributed by atoms with Crippen LogP contribution in [0.1, 0.15) is 19.4 Å². The molecule has 0 bridgehead atoms. The molecule has 0 aliphatic carbocycles. The number of ether oxygens (including phenoxy) is 1. The average Bonchev–Trinajstić information content (AvgIpc) is 2.26. The Morgan fingerprint density at radius 1 is 1.27 bits per heavy atom. The average molecular weight is 206 g/mol. The number of carbonyl (C=O) groups is 1. The third kappa shape index (κ3) is 3.39. The van der Waals surface area contributed by atoms with E-state index in [4.69, 9.17) is 4.74 Å². The maximum Gasteiger partial charge on any atom is 0.123 e. The lowest BCUT2D eigenvalue weighted by molar-refractivity contribution is -0.112. The van der Waals surface area contributed by atoms with Crippen LogP contribution >= 0.6 is 0 Å². The molecule has 0 spiro atoms. The first kappa shape index (κ1) is 11.8. The molecule has 0 heterocycles. The summed E-state index contributed by atoms with van der Waals surface area (Å²) in [6, 6.07) is 7.88. The first-order chi connectivity index (χ1) is 7.17. The SMILES string of the molecule is COc1ccc(CC(C=O)C(C)C)cc1. The predicted molar refractivity (Wildman–Crippen MR) is 61.1 cm³/mol. The number of carbonyl (C=O) groups excluding carboxylic acids is 1. The van der Waals surface area contributed by atoms with Gasteiger partial charge >= 0.3 is 0 Å². The van der Waals surface area contributed by atoms with E-state index in [9.17, 15) is 4.79 Å². The van der Waals surface area contributed by atoms with Crippen LogP contribution in [0.5, 0.6) is 5.75 Å². The highest BCUT2D eigenvalue weighted by Gasteiger charge is 2.12. The number of hydrogen-bond donors (Lipinski definition) is 0. The Kier molecular flexibility index (Phi) is 4.35. The number of benzene rings is 1. The fraction of sp³-hybridized carbons (Fsp3) is 0.462. The van der Waals surface area contributed by atoms with E-state index in [0.29, 0.717) is 5.92 Å². The topological polar surface area (TPSA) is 26.3 Å². The lowest BCUT2D eigenvalue weighted by Crippen LogP contribution is -2.13. The van der Waals surface area contributed by atoms with Gasteiger partial charge in [0.25, 0.3) is 0 Å². The van der Waals surface area contributed by atoms with Gasteiger partial charge in [0, 0.05) is 5.92 Å². The van der Waals surface area contributed by atoms with E-state index in [-0.39, 0.29) is 5.92 Å². The van der Waals surface area contributed by atoms with Crippen LogP contribution in [0.4, 0.5) is 0 Å². The Hall–Kier alpha value is -1.31. The Bertz CT molecular complexity index is 301. The highest BCUT2D eigenvalue weighted by atomic mass is 16.5. The summed E-state index contributed by atoms with van der Waals surface area (Å²) in [7, 11) is 1.65. The molecule has 0 saturated carbocycles. The fourth-order valence-electron chi connectivity index (χ4n) is 1.47. The first-order valence-corrected chi connectivity index (χ1v) is 5.25. The van der Waals surface area contributed by atoms with Gasteiger partial charge in [0.1, 0.15) is 12.0 Å². The third-order valence-electron chi connectivity index (χ3n) is 2.66. The zero-order valence-electron chi connectivity index (χ0n) is 9.57. The smallest absolute Gasteiger partial charge is 0.123 e. The van der Waals surface area contributed by atoms with Crippen LogP contribution in [0.15, 0.2) is 24.3 Å². The van der Waals surface area contributed by atoms with Gasteiger partial charge in [0.05, 0.1) is 7.11 Å². The van der Waals surface area contributed by atoms with Crippen LogP contribution in [0.2, 0.25) is 0 Å². The molecule has 0 aliphatic rings. The summed E-state index contributed by atoms with van der Waals surface area (Å²) in [4.78, 5) is 10.8. The van der Waals surface area contributed by atoms with Gasteiger partial charge < -0.3 is 9.53 Å². The lowest BCUT2D eigenvalue weighted by atomic mass is 9.90. The quantitative estimate of drug-likeness (QED) is 0.692. The molecule has 0 aromatic heterocycles. The minimum atomic E-state index is 0.110. The van der Waals surface area contributed by atoms with E-state index >= 15 is 0 Å². The maximum absolute atomic E-state index is 10.8. The van der Waals surface area contributed by atoms with Crippen molar-refractivity contribution in [2.45, 2.75) is 20.3 Å². The van der Waals surface area contributed by atoms with E-state index in [1.807, 2.05) is 24.3 Å². The Labute approximate surface area is 91.3 Å². The Morgan fingerprint density at radius 3 is 2.27 bits per heavy atom. The highest BCUT2D eigenvalue weighted by Crippen LogP contribution is 2.17. The Balaban J connectivity index is 2.67. The summed E-state index contributed by atoms with van der Waals surface area (Å²) in [5.41, 5.74) is 1.18. The highest BCUT2D eigenvalue weighted by molar-refractivity contribution is 5.54. The minimum absolute atomic E-state index is 0.110. The predicted octanol–water partition coefficient (Wildman–Crippen LogP) is 2.71. The molecule has 1 aromatic rings. The van der Waals surface area contributed by atoms with Crippen molar-refractivity contribution in [3.8, 4) is 5.75 Å². The van der Waals surface area contributed by atoms with Crippen LogP contribution in [0, 0.1) is 11.8 Å². The normalized spacial score (nSPS) is 12.5. The molecular weight excluding hydrogens is 188 g/mol.